The molecule has 1 aromatic rings. The maximum absolute atomic E-state index is 10.8. The van der Waals surface area contributed by atoms with Crippen LogP contribution in [0.25, 0.3) is 0 Å². The third kappa shape index (κ3) is 3.87. The maximum Gasteiger partial charge on any atom is 0.153 e. The number of benzene rings is 1. The van der Waals surface area contributed by atoms with E-state index in [0.717, 1.165) is 19.6 Å². The lowest BCUT2D eigenvalue weighted by Crippen LogP contribution is -2.27. The molecule has 0 aliphatic rings. The van der Waals surface area contributed by atoms with Crippen molar-refractivity contribution in [2.75, 3.05) is 26.2 Å². The van der Waals surface area contributed by atoms with Crippen LogP contribution in [0, 0.1) is 0 Å². The van der Waals surface area contributed by atoms with Crippen LogP contribution in [0.3, 0.4) is 0 Å². The minimum atomic E-state index is 0.275. The van der Waals surface area contributed by atoms with Crippen LogP contribution in [-0.2, 0) is 0 Å². The average molecular weight is 290 g/mol. The summed E-state index contributed by atoms with van der Waals surface area (Å²) in [7, 11) is 0. The normalized spacial score (nSPS) is 10.7. The van der Waals surface area contributed by atoms with Gasteiger partial charge in [-0.3, -0.25) is 4.79 Å². The van der Waals surface area contributed by atoms with Gasteiger partial charge in [0.05, 0.1) is 15.6 Å². The fourth-order valence-corrected chi connectivity index (χ4v) is 2.11. The van der Waals surface area contributed by atoms with Crippen LogP contribution in [-0.4, -0.2) is 37.4 Å². The lowest BCUT2D eigenvalue weighted by molar-refractivity contribution is 0.112. The van der Waals surface area contributed by atoms with Crippen molar-refractivity contribution in [3.05, 3.63) is 27.7 Å². The molecule has 5 heteroatoms. The average Bonchev–Trinajstić information content (AvgIpc) is 2.37. The molecule has 0 bridgehead atoms. The van der Waals surface area contributed by atoms with E-state index in [1.807, 2.05) is 0 Å². The van der Waals surface area contributed by atoms with Crippen molar-refractivity contribution in [2.24, 2.45) is 0 Å². The van der Waals surface area contributed by atoms with E-state index >= 15 is 0 Å². The molecule has 0 heterocycles. The number of ether oxygens (including phenoxy) is 1. The Kier molecular flexibility index (Phi) is 6.47. The molecule has 1 aromatic carbocycles. The number of carbonyl (C=O) groups excluding carboxylic acids is 1. The van der Waals surface area contributed by atoms with Gasteiger partial charge in [0, 0.05) is 6.54 Å². The standard InChI is InChI=1S/C13H17Cl2NO2/c1-3-16(4-2)7-8-18-12-6-5-11(14)10(9-17)13(12)15/h5-6,9H,3-4,7-8H2,1-2H3. The molecule has 0 unspecified atom stereocenters. The van der Waals surface area contributed by atoms with Crippen molar-refractivity contribution in [1.82, 2.24) is 4.90 Å². The maximum atomic E-state index is 10.8. The van der Waals surface area contributed by atoms with E-state index in [-0.39, 0.29) is 10.6 Å². The predicted octanol–water partition coefficient (Wildman–Crippen LogP) is 3.53. The summed E-state index contributed by atoms with van der Waals surface area (Å²) < 4.78 is 5.58. The molecule has 0 N–H and O–H groups in total. The molecule has 0 amide bonds. The highest BCUT2D eigenvalue weighted by atomic mass is 35.5. The molecule has 0 spiro atoms. The molecular weight excluding hydrogens is 273 g/mol. The number of nitrogens with zero attached hydrogens (tertiary/aromatic N) is 1. The Hall–Kier alpha value is -0.770. The fraction of sp³-hybridized carbons (Fsp3) is 0.462. The second-order valence-corrected chi connectivity index (χ2v) is 4.55. The minimum absolute atomic E-state index is 0.275. The molecule has 0 fully saturated rings. The van der Waals surface area contributed by atoms with Gasteiger partial charge in [-0.25, -0.2) is 0 Å². The molecule has 0 aliphatic heterocycles. The number of aldehydes is 1. The van der Waals surface area contributed by atoms with E-state index in [2.05, 4.69) is 18.7 Å². The Morgan fingerprint density at radius 2 is 1.94 bits per heavy atom. The minimum Gasteiger partial charge on any atom is -0.491 e. The van der Waals surface area contributed by atoms with Gasteiger partial charge in [-0.05, 0) is 25.2 Å². The van der Waals surface area contributed by atoms with E-state index in [1.54, 1.807) is 12.1 Å². The lowest BCUT2D eigenvalue weighted by atomic mass is 10.2. The van der Waals surface area contributed by atoms with Gasteiger partial charge in [-0.2, -0.15) is 0 Å². The summed E-state index contributed by atoms with van der Waals surface area (Å²) in [5, 5.41) is 0.614. The number of halogens is 2. The molecule has 3 nitrogen and oxygen atoms in total. The first kappa shape index (κ1) is 15.3. The number of hydrogen-bond donors (Lipinski definition) is 0. The monoisotopic (exact) mass is 289 g/mol. The van der Waals surface area contributed by atoms with Crippen LogP contribution in [0.4, 0.5) is 0 Å². The van der Waals surface area contributed by atoms with Gasteiger partial charge in [0.15, 0.2) is 6.29 Å². The topological polar surface area (TPSA) is 29.5 Å². The van der Waals surface area contributed by atoms with Crippen LogP contribution in [0.15, 0.2) is 12.1 Å². The van der Waals surface area contributed by atoms with Crippen molar-refractivity contribution < 1.29 is 9.53 Å². The van der Waals surface area contributed by atoms with Crippen LogP contribution in [0.1, 0.15) is 24.2 Å². The van der Waals surface area contributed by atoms with Gasteiger partial charge in [-0.1, -0.05) is 37.0 Å². The number of likely N-dealkylation sites (N-methyl/N-ethyl adjacent to an activating group) is 1. The summed E-state index contributed by atoms with van der Waals surface area (Å²) in [5.74, 6) is 0.496. The quantitative estimate of drug-likeness (QED) is 0.719. The molecule has 0 aliphatic carbocycles. The van der Waals surface area contributed by atoms with Gasteiger partial charge < -0.3 is 9.64 Å². The summed E-state index contributed by atoms with van der Waals surface area (Å²) in [6.45, 7) is 7.51. The Morgan fingerprint density at radius 1 is 1.28 bits per heavy atom. The summed E-state index contributed by atoms with van der Waals surface area (Å²) >= 11 is 11.9. The molecule has 1 rings (SSSR count). The molecular formula is C13H17Cl2NO2. The Balaban J connectivity index is 2.66. The molecule has 0 saturated heterocycles. The van der Waals surface area contributed by atoms with Crippen molar-refractivity contribution in [1.29, 1.82) is 0 Å². The predicted molar refractivity (Wildman–Crippen MR) is 75.1 cm³/mol. The largest absolute Gasteiger partial charge is 0.491 e. The zero-order valence-electron chi connectivity index (χ0n) is 10.6. The number of hydrogen-bond acceptors (Lipinski definition) is 3. The number of carbonyl (C=O) groups is 1. The third-order valence-electron chi connectivity index (χ3n) is 2.77. The Labute approximate surface area is 118 Å². The van der Waals surface area contributed by atoms with Crippen molar-refractivity contribution in [2.45, 2.75) is 13.8 Å². The summed E-state index contributed by atoms with van der Waals surface area (Å²) in [5.41, 5.74) is 0.277. The van der Waals surface area contributed by atoms with Crippen LogP contribution in [0.2, 0.25) is 10.0 Å². The molecule has 100 valence electrons. The van der Waals surface area contributed by atoms with Crippen molar-refractivity contribution in [3.63, 3.8) is 0 Å². The second-order valence-electron chi connectivity index (χ2n) is 3.77. The zero-order chi connectivity index (χ0) is 13.5. The first-order valence-corrected chi connectivity index (χ1v) is 6.67. The van der Waals surface area contributed by atoms with E-state index in [4.69, 9.17) is 27.9 Å². The van der Waals surface area contributed by atoms with Gasteiger partial charge in [0.1, 0.15) is 12.4 Å². The first-order chi connectivity index (χ1) is 8.63. The SMILES string of the molecule is CCN(CC)CCOc1ccc(Cl)c(C=O)c1Cl. The Bertz CT molecular complexity index is 406. The molecule has 0 saturated carbocycles. The van der Waals surface area contributed by atoms with Gasteiger partial charge in [0.2, 0.25) is 0 Å². The highest BCUT2D eigenvalue weighted by Gasteiger charge is 2.11. The van der Waals surface area contributed by atoms with Crippen LogP contribution < -0.4 is 4.74 Å². The summed E-state index contributed by atoms with van der Waals surface area (Å²) in [4.78, 5) is 13.1. The fourth-order valence-electron chi connectivity index (χ4n) is 1.59. The van der Waals surface area contributed by atoms with Crippen molar-refractivity contribution in [3.8, 4) is 5.75 Å². The third-order valence-corrected chi connectivity index (χ3v) is 3.49. The highest BCUT2D eigenvalue weighted by molar-refractivity contribution is 6.39. The van der Waals surface area contributed by atoms with E-state index < -0.39 is 0 Å². The highest BCUT2D eigenvalue weighted by Crippen LogP contribution is 2.32. The van der Waals surface area contributed by atoms with Gasteiger partial charge >= 0.3 is 0 Å². The lowest BCUT2D eigenvalue weighted by Gasteiger charge is -2.18. The zero-order valence-corrected chi connectivity index (χ0v) is 12.1. The van der Waals surface area contributed by atoms with E-state index in [1.165, 1.54) is 0 Å². The van der Waals surface area contributed by atoms with Gasteiger partial charge in [-0.15, -0.1) is 0 Å². The number of rotatable bonds is 7. The molecule has 0 atom stereocenters. The van der Waals surface area contributed by atoms with Gasteiger partial charge in [0.25, 0.3) is 0 Å². The van der Waals surface area contributed by atoms with E-state index in [0.29, 0.717) is 23.7 Å². The summed E-state index contributed by atoms with van der Waals surface area (Å²) in [6.07, 6.45) is 0.641. The molecule has 0 aromatic heterocycles. The smallest absolute Gasteiger partial charge is 0.153 e. The first-order valence-electron chi connectivity index (χ1n) is 5.92. The summed E-state index contributed by atoms with van der Waals surface area (Å²) in [6, 6.07) is 3.30. The molecule has 18 heavy (non-hydrogen) atoms. The Morgan fingerprint density at radius 3 is 2.50 bits per heavy atom. The van der Waals surface area contributed by atoms with Crippen LogP contribution >= 0.6 is 23.2 Å². The second kappa shape index (κ2) is 7.62. The van der Waals surface area contributed by atoms with Crippen molar-refractivity contribution >= 4 is 29.5 Å². The molecule has 0 radical (unpaired) electrons. The van der Waals surface area contributed by atoms with E-state index in [9.17, 15) is 4.79 Å². The van der Waals surface area contributed by atoms with Crippen LogP contribution in [0.5, 0.6) is 5.75 Å².